The smallest absolute Gasteiger partial charge is 0.165 e. The lowest BCUT2D eigenvalue weighted by atomic mass is 10.1. The second kappa shape index (κ2) is 5.63. The third kappa shape index (κ3) is 3.14. The molecule has 0 bridgehead atoms. The molecule has 15 heavy (non-hydrogen) atoms. The lowest BCUT2D eigenvalue weighted by Crippen LogP contribution is -2.18. The maximum atomic E-state index is 13.3. The Morgan fingerprint density at radius 2 is 2.07 bits per heavy atom. The number of rotatable bonds is 5. The molecule has 1 rings (SSSR count). The molecule has 0 saturated carbocycles. The van der Waals surface area contributed by atoms with Crippen LogP contribution in [0.2, 0.25) is 0 Å². The molecule has 5 heteroatoms. The van der Waals surface area contributed by atoms with Crippen LogP contribution in [0.25, 0.3) is 0 Å². The molecule has 0 aromatic heterocycles. The summed E-state index contributed by atoms with van der Waals surface area (Å²) in [4.78, 5) is 0. The fourth-order valence-corrected chi connectivity index (χ4v) is 1.22. The Bertz CT molecular complexity index is 331. The van der Waals surface area contributed by atoms with E-state index in [4.69, 9.17) is 5.11 Å². The van der Waals surface area contributed by atoms with Crippen molar-refractivity contribution in [2.75, 3.05) is 20.4 Å². The van der Waals surface area contributed by atoms with Gasteiger partial charge in [-0.25, -0.2) is 8.78 Å². The standard InChI is InChI=1S/C10H13F2NO2/c1-15-10-5-8(11)7(4-9(10)12)2-3-13-6-14/h4-5,13-14H,2-3,6H2,1H3. The SMILES string of the molecule is COc1cc(F)c(CCNCO)cc1F. The van der Waals surface area contributed by atoms with E-state index < -0.39 is 11.6 Å². The molecule has 0 amide bonds. The molecule has 0 aliphatic carbocycles. The second-order valence-electron chi connectivity index (χ2n) is 2.99. The molecule has 0 unspecified atom stereocenters. The van der Waals surface area contributed by atoms with E-state index in [1.54, 1.807) is 0 Å². The summed E-state index contributed by atoms with van der Waals surface area (Å²) in [6.07, 6.45) is 0.313. The summed E-state index contributed by atoms with van der Waals surface area (Å²) >= 11 is 0. The topological polar surface area (TPSA) is 41.5 Å². The monoisotopic (exact) mass is 217 g/mol. The largest absolute Gasteiger partial charge is 0.494 e. The number of nitrogens with one attached hydrogen (secondary N) is 1. The predicted octanol–water partition coefficient (Wildman–Crippen LogP) is 1.06. The van der Waals surface area contributed by atoms with E-state index in [0.29, 0.717) is 13.0 Å². The summed E-state index contributed by atoms with van der Waals surface area (Å²) in [5.74, 6) is -1.20. The molecule has 0 atom stereocenters. The molecule has 0 spiro atoms. The van der Waals surface area contributed by atoms with Crippen LogP contribution in [0.3, 0.4) is 0 Å². The molecule has 0 heterocycles. The number of hydrogen-bond acceptors (Lipinski definition) is 3. The van der Waals surface area contributed by atoms with Gasteiger partial charge in [-0.05, 0) is 18.1 Å². The lowest BCUT2D eigenvalue weighted by Gasteiger charge is -2.07. The summed E-state index contributed by atoms with van der Waals surface area (Å²) in [6.45, 7) is 0.208. The van der Waals surface area contributed by atoms with Crippen molar-refractivity contribution in [3.8, 4) is 5.75 Å². The Labute approximate surface area is 86.7 Å². The van der Waals surface area contributed by atoms with Crippen LogP contribution in [-0.2, 0) is 6.42 Å². The Morgan fingerprint density at radius 3 is 2.67 bits per heavy atom. The quantitative estimate of drug-likeness (QED) is 0.572. The summed E-state index contributed by atoms with van der Waals surface area (Å²) in [7, 11) is 1.28. The van der Waals surface area contributed by atoms with Gasteiger partial charge >= 0.3 is 0 Å². The van der Waals surface area contributed by atoms with Crippen LogP contribution in [0.4, 0.5) is 8.78 Å². The molecule has 0 saturated heterocycles. The van der Waals surface area contributed by atoms with Crippen molar-refractivity contribution in [3.05, 3.63) is 29.3 Å². The highest BCUT2D eigenvalue weighted by atomic mass is 19.1. The number of methoxy groups -OCH3 is 1. The Balaban J connectivity index is 2.76. The molecular weight excluding hydrogens is 204 g/mol. The Morgan fingerprint density at radius 1 is 1.33 bits per heavy atom. The van der Waals surface area contributed by atoms with Crippen molar-refractivity contribution >= 4 is 0 Å². The van der Waals surface area contributed by atoms with E-state index >= 15 is 0 Å². The lowest BCUT2D eigenvalue weighted by molar-refractivity contribution is 0.261. The highest BCUT2D eigenvalue weighted by Crippen LogP contribution is 2.21. The second-order valence-corrected chi connectivity index (χ2v) is 2.99. The van der Waals surface area contributed by atoms with Crippen molar-refractivity contribution in [1.82, 2.24) is 5.32 Å². The minimum atomic E-state index is -0.585. The Hall–Kier alpha value is -1.20. The van der Waals surface area contributed by atoms with Crippen LogP contribution >= 0.6 is 0 Å². The van der Waals surface area contributed by atoms with E-state index in [0.717, 1.165) is 12.1 Å². The van der Waals surface area contributed by atoms with Gasteiger partial charge in [0.1, 0.15) is 5.82 Å². The normalized spacial score (nSPS) is 10.4. The third-order valence-electron chi connectivity index (χ3n) is 2.00. The van der Waals surface area contributed by atoms with Gasteiger partial charge in [-0.15, -0.1) is 0 Å². The van der Waals surface area contributed by atoms with Gasteiger partial charge in [-0.2, -0.15) is 0 Å². The molecule has 0 fully saturated rings. The zero-order valence-corrected chi connectivity index (χ0v) is 8.39. The number of ether oxygens (including phenoxy) is 1. The zero-order valence-electron chi connectivity index (χ0n) is 8.39. The van der Waals surface area contributed by atoms with E-state index in [1.807, 2.05) is 0 Å². The molecule has 0 radical (unpaired) electrons. The summed E-state index contributed by atoms with van der Waals surface area (Å²) < 4.78 is 31.1. The molecule has 84 valence electrons. The average molecular weight is 217 g/mol. The molecule has 1 aromatic carbocycles. The van der Waals surface area contributed by atoms with Crippen LogP contribution in [0, 0.1) is 11.6 Å². The number of aliphatic hydroxyl groups excluding tert-OH is 1. The number of halogens is 2. The third-order valence-corrected chi connectivity index (χ3v) is 2.00. The first-order chi connectivity index (χ1) is 7.19. The predicted molar refractivity (Wildman–Crippen MR) is 51.7 cm³/mol. The Kier molecular flexibility index (Phi) is 4.45. The van der Waals surface area contributed by atoms with Gasteiger partial charge in [-0.3, -0.25) is 5.32 Å². The van der Waals surface area contributed by atoms with E-state index in [9.17, 15) is 8.78 Å². The van der Waals surface area contributed by atoms with Gasteiger partial charge in [0.15, 0.2) is 11.6 Å². The molecule has 0 aliphatic rings. The van der Waals surface area contributed by atoms with Crippen molar-refractivity contribution in [1.29, 1.82) is 0 Å². The molecule has 0 aliphatic heterocycles. The first kappa shape index (κ1) is 11.9. The maximum Gasteiger partial charge on any atom is 0.165 e. The minimum absolute atomic E-state index is 0.105. The van der Waals surface area contributed by atoms with Crippen LogP contribution in [0.5, 0.6) is 5.75 Å². The molecular formula is C10H13F2NO2. The van der Waals surface area contributed by atoms with Gasteiger partial charge in [0, 0.05) is 12.6 Å². The molecule has 1 aromatic rings. The summed E-state index contributed by atoms with van der Waals surface area (Å²) in [5.41, 5.74) is 0.259. The van der Waals surface area contributed by atoms with Crippen molar-refractivity contribution in [2.24, 2.45) is 0 Å². The van der Waals surface area contributed by atoms with Crippen LogP contribution < -0.4 is 10.1 Å². The van der Waals surface area contributed by atoms with E-state index in [-0.39, 0.29) is 18.0 Å². The van der Waals surface area contributed by atoms with Gasteiger partial charge < -0.3 is 9.84 Å². The first-order valence-electron chi connectivity index (χ1n) is 4.52. The van der Waals surface area contributed by atoms with Crippen molar-refractivity contribution in [2.45, 2.75) is 6.42 Å². The highest BCUT2D eigenvalue weighted by Gasteiger charge is 2.09. The van der Waals surface area contributed by atoms with Crippen molar-refractivity contribution < 1.29 is 18.6 Å². The van der Waals surface area contributed by atoms with Gasteiger partial charge in [0.2, 0.25) is 0 Å². The molecule has 3 nitrogen and oxygen atoms in total. The van der Waals surface area contributed by atoms with Crippen LogP contribution in [-0.4, -0.2) is 25.5 Å². The maximum absolute atomic E-state index is 13.3. The van der Waals surface area contributed by atoms with Gasteiger partial charge in [0.25, 0.3) is 0 Å². The minimum Gasteiger partial charge on any atom is -0.494 e. The average Bonchev–Trinajstić information content (AvgIpc) is 2.23. The highest BCUT2D eigenvalue weighted by molar-refractivity contribution is 5.31. The first-order valence-corrected chi connectivity index (χ1v) is 4.52. The van der Waals surface area contributed by atoms with Gasteiger partial charge in [-0.1, -0.05) is 0 Å². The fraction of sp³-hybridized carbons (Fsp3) is 0.400. The zero-order chi connectivity index (χ0) is 11.3. The number of hydrogen-bond donors (Lipinski definition) is 2. The number of benzene rings is 1. The summed E-state index contributed by atoms with van der Waals surface area (Å²) in [6, 6.07) is 2.12. The van der Waals surface area contributed by atoms with Crippen LogP contribution in [0.1, 0.15) is 5.56 Å². The van der Waals surface area contributed by atoms with E-state index in [1.165, 1.54) is 7.11 Å². The fourth-order valence-electron chi connectivity index (χ4n) is 1.22. The summed E-state index contributed by atoms with van der Waals surface area (Å²) in [5, 5.41) is 11.1. The van der Waals surface area contributed by atoms with Gasteiger partial charge in [0.05, 0.1) is 13.8 Å². The molecule has 2 N–H and O–H groups in total. The van der Waals surface area contributed by atoms with E-state index in [2.05, 4.69) is 10.1 Å². The van der Waals surface area contributed by atoms with Crippen molar-refractivity contribution in [3.63, 3.8) is 0 Å². The van der Waals surface area contributed by atoms with Crippen LogP contribution in [0.15, 0.2) is 12.1 Å². The number of aliphatic hydroxyl groups is 1.